The molecule has 0 saturated carbocycles. The van der Waals surface area contributed by atoms with Gasteiger partial charge in [-0.15, -0.1) is 0 Å². The van der Waals surface area contributed by atoms with E-state index in [2.05, 4.69) is 64.1 Å². The highest BCUT2D eigenvalue weighted by Crippen LogP contribution is 2.24. The Balaban J connectivity index is 1.14. The molecular weight excluding hydrogens is 410 g/mol. The lowest BCUT2D eigenvalue weighted by molar-refractivity contribution is -0.139. The van der Waals surface area contributed by atoms with Crippen LogP contribution in [0.2, 0.25) is 0 Å². The lowest BCUT2D eigenvalue weighted by atomic mass is 9.99. The van der Waals surface area contributed by atoms with Gasteiger partial charge in [-0.3, -0.25) is 9.59 Å². The molecule has 33 heavy (non-hydrogen) atoms. The predicted octanol–water partition coefficient (Wildman–Crippen LogP) is 3.66. The number of carbonyl (C=O) groups excluding carboxylic acids is 2. The minimum Gasteiger partial charge on any atom is -0.367 e. The van der Waals surface area contributed by atoms with Crippen LogP contribution in [0.5, 0.6) is 0 Å². The van der Waals surface area contributed by atoms with E-state index in [9.17, 15) is 9.59 Å². The number of nitrogens with zero attached hydrogens (tertiary/aromatic N) is 1. The van der Waals surface area contributed by atoms with E-state index in [-0.39, 0.29) is 0 Å². The van der Waals surface area contributed by atoms with Gasteiger partial charge >= 0.3 is 11.8 Å². The molecule has 5 nitrogen and oxygen atoms in total. The van der Waals surface area contributed by atoms with E-state index >= 15 is 0 Å². The van der Waals surface area contributed by atoms with Gasteiger partial charge in [-0.25, -0.2) is 0 Å². The van der Waals surface area contributed by atoms with Crippen LogP contribution in [0.1, 0.15) is 28.7 Å². The van der Waals surface area contributed by atoms with E-state index in [0.717, 1.165) is 37.9 Å². The van der Waals surface area contributed by atoms with Gasteiger partial charge < -0.3 is 15.5 Å². The Morgan fingerprint density at radius 1 is 0.697 bits per heavy atom. The van der Waals surface area contributed by atoms with Crippen molar-refractivity contribution in [1.82, 2.24) is 10.6 Å². The number of aryl methyl sites for hydroxylation is 1. The molecule has 3 aromatic rings. The fraction of sp³-hybridized carbons (Fsp3) is 0.286. The van der Waals surface area contributed by atoms with Crippen molar-refractivity contribution in [3.8, 4) is 0 Å². The van der Waals surface area contributed by atoms with Crippen LogP contribution in [0.4, 0.5) is 5.69 Å². The maximum Gasteiger partial charge on any atom is 0.309 e. The van der Waals surface area contributed by atoms with Crippen molar-refractivity contribution in [1.29, 1.82) is 0 Å². The van der Waals surface area contributed by atoms with Gasteiger partial charge in [0.05, 0.1) is 0 Å². The van der Waals surface area contributed by atoms with Crippen LogP contribution in [0, 0.1) is 0 Å². The van der Waals surface area contributed by atoms with E-state index in [1.54, 1.807) is 0 Å². The van der Waals surface area contributed by atoms with Crippen molar-refractivity contribution in [3.63, 3.8) is 0 Å². The Labute approximate surface area is 195 Å². The van der Waals surface area contributed by atoms with Gasteiger partial charge in [0.1, 0.15) is 0 Å². The summed E-state index contributed by atoms with van der Waals surface area (Å²) < 4.78 is 0. The van der Waals surface area contributed by atoms with E-state index in [1.165, 1.54) is 22.4 Å². The average molecular weight is 442 g/mol. The average Bonchev–Trinajstić information content (AvgIpc) is 2.87. The number of anilines is 1. The second kappa shape index (κ2) is 11.3. The molecule has 170 valence electrons. The molecule has 0 aliphatic carbocycles. The molecular formula is C28H31N3O2. The summed E-state index contributed by atoms with van der Waals surface area (Å²) in [6, 6.07) is 27.2. The smallest absolute Gasteiger partial charge is 0.309 e. The maximum absolute atomic E-state index is 12.0. The summed E-state index contributed by atoms with van der Waals surface area (Å²) >= 11 is 0. The van der Waals surface area contributed by atoms with Crippen molar-refractivity contribution in [2.75, 3.05) is 24.5 Å². The molecule has 0 saturated heterocycles. The van der Waals surface area contributed by atoms with Crippen LogP contribution in [0.25, 0.3) is 0 Å². The van der Waals surface area contributed by atoms with E-state index in [4.69, 9.17) is 0 Å². The summed E-state index contributed by atoms with van der Waals surface area (Å²) in [4.78, 5) is 26.3. The van der Waals surface area contributed by atoms with Gasteiger partial charge in [0, 0.05) is 31.9 Å². The summed E-state index contributed by atoms with van der Waals surface area (Å²) in [6.45, 7) is 2.92. The van der Waals surface area contributed by atoms with Crippen LogP contribution in [0.3, 0.4) is 0 Å². The molecule has 4 rings (SSSR count). The molecule has 3 aromatic carbocycles. The Kier molecular flexibility index (Phi) is 7.75. The first-order valence-electron chi connectivity index (χ1n) is 11.7. The molecule has 0 aromatic heterocycles. The van der Waals surface area contributed by atoms with Gasteiger partial charge in [0.2, 0.25) is 0 Å². The molecule has 0 spiro atoms. The first-order valence-corrected chi connectivity index (χ1v) is 11.7. The summed E-state index contributed by atoms with van der Waals surface area (Å²) in [7, 11) is 0. The quantitative estimate of drug-likeness (QED) is 0.414. The number of hydrogen-bond acceptors (Lipinski definition) is 3. The number of nitrogens with one attached hydrogen (secondary N) is 2. The molecule has 2 amide bonds. The zero-order chi connectivity index (χ0) is 22.9. The highest BCUT2D eigenvalue weighted by Gasteiger charge is 2.16. The first-order chi connectivity index (χ1) is 16.2. The lowest BCUT2D eigenvalue weighted by Gasteiger charge is -2.30. The molecule has 5 heteroatoms. The zero-order valence-electron chi connectivity index (χ0n) is 18.9. The molecule has 0 unspecified atom stereocenters. The standard InChI is InChI=1S/C28H31N3O2/c32-27(28(33)30-19-16-22-7-2-1-3-8-22)29-18-6-9-23-12-14-26(15-13-23)31-20-17-24-10-4-5-11-25(24)21-31/h1-5,7-8,10-15H,6,9,16-21H2,(H,29,32)(H,30,33). The van der Waals surface area contributed by atoms with Crippen LogP contribution < -0.4 is 15.5 Å². The SMILES string of the molecule is O=C(NCCCc1ccc(N2CCc3ccccc3C2)cc1)C(=O)NCCc1ccccc1. The molecule has 1 aliphatic heterocycles. The molecule has 0 fully saturated rings. The van der Waals surface area contributed by atoms with Gasteiger partial charge in [0.15, 0.2) is 0 Å². The minimum absolute atomic E-state index is 0.450. The highest BCUT2D eigenvalue weighted by atomic mass is 16.2. The van der Waals surface area contributed by atoms with Gasteiger partial charge in [-0.2, -0.15) is 0 Å². The van der Waals surface area contributed by atoms with Crippen LogP contribution in [0.15, 0.2) is 78.9 Å². The van der Waals surface area contributed by atoms with Gasteiger partial charge in [0.25, 0.3) is 0 Å². The number of carbonyl (C=O) groups is 2. The summed E-state index contributed by atoms with van der Waals surface area (Å²) in [5.74, 6) is -1.14. The minimum atomic E-state index is -0.571. The largest absolute Gasteiger partial charge is 0.367 e. The molecule has 1 heterocycles. The van der Waals surface area contributed by atoms with Crippen LogP contribution in [-0.2, 0) is 35.4 Å². The topological polar surface area (TPSA) is 61.4 Å². The van der Waals surface area contributed by atoms with Crippen molar-refractivity contribution in [3.05, 3.63) is 101 Å². The third-order valence-electron chi connectivity index (χ3n) is 6.11. The van der Waals surface area contributed by atoms with E-state index in [1.807, 2.05) is 30.3 Å². The highest BCUT2D eigenvalue weighted by molar-refractivity contribution is 6.35. The summed E-state index contributed by atoms with van der Waals surface area (Å²) in [6.07, 6.45) is 3.44. The Hall–Kier alpha value is -3.60. The fourth-order valence-electron chi connectivity index (χ4n) is 4.21. The predicted molar refractivity (Wildman–Crippen MR) is 132 cm³/mol. The van der Waals surface area contributed by atoms with Gasteiger partial charge in [-0.05, 0) is 60.1 Å². The fourth-order valence-corrected chi connectivity index (χ4v) is 4.21. The second-order valence-electron chi connectivity index (χ2n) is 8.46. The molecule has 2 N–H and O–H groups in total. The Morgan fingerprint density at radius 2 is 1.33 bits per heavy atom. The monoisotopic (exact) mass is 441 g/mol. The zero-order valence-corrected chi connectivity index (χ0v) is 18.9. The normalized spacial score (nSPS) is 12.7. The van der Waals surface area contributed by atoms with Crippen molar-refractivity contribution < 1.29 is 9.59 Å². The number of fused-ring (bicyclic) bond motifs is 1. The Bertz CT molecular complexity index is 1060. The van der Waals surface area contributed by atoms with E-state index in [0.29, 0.717) is 19.5 Å². The van der Waals surface area contributed by atoms with E-state index < -0.39 is 11.8 Å². The van der Waals surface area contributed by atoms with Crippen molar-refractivity contribution >= 4 is 17.5 Å². The lowest BCUT2D eigenvalue weighted by Crippen LogP contribution is -2.41. The number of hydrogen-bond donors (Lipinski definition) is 2. The third-order valence-corrected chi connectivity index (χ3v) is 6.11. The number of benzene rings is 3. The molecule has 0 radical (unpaired) electrons. The Morgan fingerprint density at radius 3 is 2.09 bits per heavy atom. The molecule has 0 atom stereocenters. The first kappa shape index (κ1) is 22.6. The van der Waals surface area contributed by atoms with Crippen molar-refractivity contribution in [2.45, 2.75) is 32.2 Å². The summed E-state index contributed by atoms with van der Waals surface area (Å²) in [5, 5.41) is 5.39. The summed E-state index contributed by atoms with van der Waals surface area (Å²) in [5.41, 5.74) is 6.48. The third kappa shape index (κ3) is 6.45. The number of rotatable bonds is 8. The second-order valence-corrected chi connectivity index (χ2v) is 8.46. The van der Waals surface area contributed by atoms with Crippen LogP contribution >= 0.6 is 0 Å². The van der Waals surface area contributed by atoms with Crippen molar-refractivity contribution in [2.24, 2.45) is 0 Å². The molecule has 1 aliphatic rings. The number of amides is 2. The molecule has 0 bridgehead atoms. The van der Waals surface area contributed by atoms with Gasteiger partial charge in [-0.1, -0.05) is 66.7 Å². The van der Waals surface area contributed by atoms with Crippen LogP contribution in [-0.4, -0.2) is 31.4 Å². The maximum atomic E-state index is 12.0.